The molecule has 0 unspecified atom stereocenters. The minimum absolute atomic E-state index is 0. The van der Waals surface area contributed by atoms with E-state index in [-0.39, 0.29) is 36.4 Å². The highest BCUT2D eigenvalue weighted by Crippen LogP contribution is 2.08. The highest BCUT2D eigenvalue weighted by atomic mass is 127. The molecular formula is C17H29IN6O. The first-order valence-corrected chi connectivity index (χ1v) is 7.79. The molecule has 0 aliphatic carbocycles. The number of aromatic nitrogens is 1. The van der Waals surface area contributed by atoms with Crippen molar-refractivity contribution < 1.29 is 4.79 Å². The third-order valence-electron chi connectivity index (χ3n) is 3.11. The number of hydrogen-bond acceptors (Lipinski definition) is 4. The SMILES string of the molecule is C=C(C)CNC(=NCc1cccc(N(C)C)n1)NCC(=O)N(C)C.I. The Bertz CT molecular complexity index is 601. The van der Waals surface area contributed by atoms with Gasteiger partial charge in [0.15, 0.2) is 5.96 Å². The number of nitrogens with zero attached hydrogens (tertiary/aromatic N) is 4. The van der Waals surface area contributed by atoms with Gasteiger partial charge in [-0.3, -0.25) is 4.79 Å². The molecule has 2 N–H and O–H groups in total. The number of carbonyl (C=O) groups excluding carboxylic acids is 1. The van der Waals surface area contributed by atoms with Crippen LogP contribution in [-0.2, 0) is 11.3 Å². The fourth-order valence-corrected chi connectivity index (χ4v) is 1.69. The van der Waals surface area contributed by atoms with Crippen molar-refractivity contribution >= 4 is 41.7 Å². The molecule has 0 saturated carbocycles. The third kappa shape index (κ3) is 9.28. The molecule has 0 fully saturated rings. The summed E-state index contributed by atoms with van der Waals surface area (Å²) >= 11 is 0. The fourth-order valence-electron chi connectivity index (χ4n) is 1.69. The van der Waals surface area contributed by atoms with Crippen LogP contribution >= 0.6 is 24.0 Å². The summed E-state index contributed by atoms with van der Waals surface area (Å²) in [6, 6.07) is 5.83. The van der Waals surface area contributed by atoms with Crippen LogP contribution in [0.2, 0.25) is 0 Å². The Balaban J connectivity index is 0.00000576. The maximum Gasteiger partial charge on any atom is 0.241 e. The molecule has 0 aliphatic heterocycles. The zero-order valence-electron chi connectivity index (χ0n) is 15.7. The molecule has 0 spiro atoms. The first kappa shape index (κ1) is 23.2. The van der Waals surface area contributed by atoms with Gasteiger partial charge >= 0.3 is 0 Å². The Kier molecular flexibility index (Phi) is 10.8. The Morgan fingerprint density at radius 3 is 2.40 bits per heavy atom. The number of hydrogen-bond donors (Lipinski definition) is 2. The number of nitrogens with one attached hydrogen (secondary N) is 2. The topological polar surface area (TPSA) is 72.9 Å². The summed E-state index contributed by atoms with van der Waals surface area (Å²) in [7, 11) is 7.34. The number of halogens is 1. The largest absolute Gasteiger partial charge is 0.363 e. The molecule has 25 heavy (non-hydrogen) atoms. The molecule has 7 nitrogen and oxygen atoms in total. The minimum atomic E-state index is -0.0208. The highest BCUT2D eigenvalue weighted by molar-refractivity contribution is 14.0. The summed E-state index contributed by atoms with van der Waals surface area (Å²) < 4.78 is 0. The summed E-state index contributed by atoms with van der Waals surface area (Å²) in [5.41, 5.74) is 1.84. The Morgan fingerprint density at radius 2 is 1.84 bits per heavy atom. The molecule has 8 heteroatoms. The lowest BCUT2D eigenvalue weighted by Gasteiger charge is -2.15. The van der Waals surface area contributed by atoms with Gasteiger partial charge in [0, 0.05) is 34.7 Å². The first-order valence-electron chi connectivity index (χ1n) is 7.79. The molecule has 0 aliphatic rings. The molecule has 0 bridgehead atoms. The van der Waals surface area contributed by atoms with E-state index >= 15 is 0 Å². The molecular weight excluding hydrogens is 431 g/mol. The van der Waals surface area contributed by atoms with Gasteiger partial charge in [0.2, 0.25) is 5.91 Å². The molecule has 1 aromatic rings. The van der Waals surface area contributed by atoms with Gasteiger partial charge < -0.3 is 20.4 Å². The summed E-state index contributed by atoms with van der Waals surface area (Å²) in [4.78, 5) is 24.2. The molecule has 1 aromatic heterocycles. The number of aliphatic imine (C=N–C) groups is 1. The smallest absolute Gasteiger partial charge is 0.241 e. The van der Waals surface area contributed by atoms with E-state index in [1.54, 1.807) is 14.1 Å². The molecule has 0 atom stereocenters. The van der Waals surface area contributed by atoms with E-state index < -0.39 is 0 Å². The average molecular weight is 460 g/mol. The average Bonchev–Trinajstić information content (AvgIpc) is 2.53. The van der Waals surface area contributed by atoms with Gasteiger partial charge in [-0.05, 0) is 19.1 Å². The van der Waals surface area contributed by atoms with Crippen LogP contribution in [-0.4, -0.2) is 63.0 Å². The summed E-state index contributed by atoms with van der Waals surface area (Å²) in [5.74, 6) is 1.42. The van der Waals surface area contributed by atoms with Crippen LogP contribution in [0.5, 0.6) is 0 Å². The number of rotatable bonds is 7. The van der Waals surface area contributed by atoms with Crippen molar-refractivity contribution in [2.45, 2.75) is 13.5 Å². The van der Waals surface area contributed by atoms with Gasteiger partial charge in [-0.2, -0.15) is 0 Å². The van der Waals surface area contributed by atoms with Crippen LogP contribution in [0.1, 0.15) is 12.6 Å². The number of pyridine rings is 1. The Labute approximate surface area is 167 Å². The zero-order valence-corrected chi connectivity index (χ0v) is 18.0. The van der Waals surface area contributed by atoms with E-state index in [2.05, 4.69) is 27.2 Å². The van der Waals surface area contributed by atoms with Gasteiger partial charge in [-0.15, -0.1) is 24.0 Å². The van der Waals surface area contributed by atoms with E-state index in [1.165, 1.54) is 4.90 Å². The number of anilines is 1. The van der Waals surface area contributed by atoms with E-state index in [9.17, 15) is 4.79 Å². The monoisotopic (exact) mass is 460 g/mol. The zero-order chi connectivity index (χ0) is 18.1. The van der Waals surface area contributed by atoms with Crippen molar-refractivity contribution in [3.05, 3.63) is 36.0 Å². The third-order valence-corrected chi connectivity index (χ3v) is 3.11. The lowest BCUT2D eigenvalue weighted by molar-refractivity contribution is -0.127. The van der Waals surface area contributed by atoms with Gasteiger partial charge in [0.25, 0.3) is 0 Å². The summed E-state index contributed by atoms with van der Waals surface area (Å²) in [6.07, 6.45) is 0. The molecule has 0 saturated heterocycles. The predicted octanol–water partition coefficient (Wildman–Crippen LogP) is 1.47. The van der Waals surface area contributed by atoms with E-state index in [0.717, 1.165) is 17.1 Å². The van der Waals surface area contributed by atoms with Gasteiger partial charge in [0.1, 0.15) is 5.82 Å². The maximum absolute atomic E-state index is 11.7. The molecule has 1 rings (SSSR count). The van der Waals surface area contributed by atoms with Crippen molar-refractivity contribution in [1.29, 1.82) is 0 Å². The van der Waals surface area contributed by atoms with Gasteiger partial charge in [-0.25, -0.2) is 9.98 Å². The lowest BCUT2D eigenvalue weighted by Crippen LogP contribution is -2.43. The second kappa shape index (κ2) is 11.7. The Morgan fingerprint density at radius 1 is 1.20 bits per heavy atom. The standard InChI is InChI=1S/C17H28N6O.HI/c1-13(2)10-18-17(20-12-16(24)23(5)6)19-11-14-8-7-9-15(21-14)22(3)4;/h7-9H,1,10-12H2,2-6H3,(H2,18,19,20);1H. The minimum Gasteiger partial charge on any atom is -0.363 e. The molecule has 0 aromatic carbocycles. The van der Waals surface area contributed by atoms with Crippen LogP contribution in [0, 0.1) is 0 Å². The van der Waals surface area contributed by atoms with E-state index in [0.29, 0.717) is 19.0 Å². The van der Waals surface area contributed by atoms with Crippen LogP contribution in [0.25, 0.3) is 0 Å². The lowest BCUT2D eigenvalue weighted by atomic mass is 10.3. The van der Waals surface area contributed by atoms with Gasteiger partial charge in [0.05, 0.1) is 18.8 Å². The van der Waals surface area contributed by atoms with Crippen molar-refractivity contribution in [3.63, 3.8) is 0 Å². The number of amides is 1. The van der Waals surface area contributed by atoms with E-state index in [1.807, 2.05) is 44.1 Å². The van der Waals surface area contributed by atoms with Crippen molar-refractivity contribution in [2.75, 3.05) is 46.2 Å². The number of likely N-dealkylation sites (N-methyl/N-ethyl adjacent to an activating group) is 1. The second-order valence-corrected chi connectivity index (χ2v) is 6.00. The number of guanidine groups is 1. The highest BCUT2D eigenvalue weighted by Gasteiger charge is 2.06. The summed E-state index contributed by atoms with van der Waals surface area (Å²) in [6.45, 7) is 6.98. The predicted molar refractivity (Wildman–Crippen MR) is 115 cm³/mol. The van der Waals surface area contributed by atoms with Crippen LogP contribution in [0.4, 0.5) is 5.82 Å². The van der Waals surface area contributed by atoms with Crippen molar-refractivity contribution in [2.24, 2.45) is 4.99 Å². The molecule has 0 radical (unpaired) electrons. The quantitative estimate of drug-likeness (QED) is 0.279. The molecule has 1 heterocycles. The maximum atomic E-state index is 11.7. The fraction of sp³-hybridized carbons (Fsp3) is 0.471. The van der Waals surface area contributed by atoms with Crippen molar-refractivity contribution in [1.82, 2.24) is 20.5 Å². The summed E-state index contributed by atoms with van der Waals surface area (Å²) in [5, 5.41) is 6.18. The Hall–Kier alpha value is -1.84. The first-order chi connectivity index (χ1) is 11.3. The van der Waals surface area contributed by atoms with Crippen LogP contribution in [0.15, 0.2) is 35.3 Å². The van der Waals surface area contributed by atoms with Crippen molar-refractivity contribution in [3.8, 4) is 0 Å². The van der Waals surface area contributed by atoms with Crippen LogP contribution < -0.4 is 15.5 Å². The van der Waals surface area contributed by atoms with Gasteiger partial charge in [-0.1, -0.05) is 18.2 Å². The van der Waals surface area contributed by atoms with Crippen LogP contribution in [0.3, 0.4) is 0 Å². The second-order valence-electron chi connectivity index (χ2n) is 6.00. The normalized spacial score (nSPS) is 10.5. The molecule has 1 amide bonds. The van der Waals surface area contributed by atoms with E-state index in [4.69, 9.17) is 0 Å². The molecule has 140 valence electrons. The number of carbonyl (C=O) groups is 1.